The van der Waals surface area contributed by atoms with Gasteiger partial charge in [0.25, 0.3) is 5.91 Å². The summed E-state index contributed by atoms with van der Waals surface area (Å²) in [6, 6.07) is 8.68. The Bertz CT molecular complexity index is 667. The van der Waals surface area contributed by atoms with Crippen molar-refractivity contribution >= 4 is 22.8 Å². The van der Waals surface area contributed by atoms with Crippen LogP contribution in [-0.2, 0) is 4.79 Å². The Hall–Kier alpha value is -2.43. The van der Waals surface area contributed by atoms with E-state index in [9.17, 15) is 9.59 Å². The zero-order valence-electron chi connectivity index (χ0n) is 11.4. The van der Waals surface area contributed by atoms with Crippen LogP contribution < -0.4 is 5.32 Å². The molecule has 0 aliphatic carbocycles. The Morgan fingerprint density at radius 1 is 1.35 bits per heavy atom. The second-order valence-electron chi connectivity index (χ2n) is 4.80. The van der Waals surface area contributed by atoms with Crippen molar-refractivity contribution in [2.24, 2.45) is 0 Å². The number of hydrogen-bond donors (Lipinski definition) is 2. The van der Waals surface area contributed by atoms with Gasteiger partial charge in [0.05, 0.1) is 17.5 Å². The van der Waals surface area contributed by atoms with Crippen molar-refractivity contribution in [2.45, 2.75) is 26.3 Å². The number of nitrogens with one attached hydrogen (secondary N) is 1. The number of benzene rings is 1. The molecule has 0 saturated heterocycles. The van der Waals surface area contributed by atoms with Crippen molar-refractivity contribution in [1.82, 2.24) is 10.3 Å². The number of amides is 1. The highest BCUT2D eigenvalue weighted by Gasteiger charge is 2.15. The molecule has 1 unspecified atom stereocenters. The molecule has 0 fully saturated rings. The first-order chi connectivity index (χ1) is 9.47. The number of aromatic nitrogens is 1. The number of hydrogen-bond acceptors (Lipinski definition) is 3. The van der Waals surface area contributed by atoms with E-state index in [1.54, 1.807) is 13.0 Å². The van der Waals surface area contributed by atoms with Crippen LogP contribution in [0.2, 0.25) is 0 Å². The summed E-state index contributed by atoms with van der Waals surface area (Å²) in [7, 11) is 0. The smallest absolute Gasteiger partial charge is 0.305 e. The van der Waals surface area contributed by atoms with E-state index in [0.29, 0.717) is 5.56 Å². The van der Waals surface area contributed by atoms with E-state index in [1.807, 2.05) is 31.2 Å². The Morgan fingerprint density at radius 3 is 2.75 bits per heavy atom. The van der Waals surface area contributed by atoms with Gasteiger partial charge >= 0.3 is 5.97 Å². The summed E-state index contributed by atoms with van der Waals surface area (Å²) in [5.74, 6) is -1.21. The topological polar surface area (TPSA) is 79.3 Å². The molecule has 0 aliphatic rings. The average molecular weight is 272 g/mol. The summed E-state index contributed by atoms with van der Waals surface area (Å²) >= 11 is 0. The lowest BCUT2D eigenvalue weighted by atomic mass is 10.1. The zero-order valence-corrected chi connectivity index (χ0v) is 11.4. The number of carbonyl (C=O) groups excluding carboxylic acids is 1. The number of aryl methyl sites for hydroxylation is 1. The van der Waals surface area contributed by atoms with Crippen LogP contribution in [0.1, 0.15) is 29.4 Å². The quantitative estimate of drug-likeness (QED) is 0.893. The van der Waals surface area contributed by atoms with Gasteiger partial charge in [-0.3, -0.25) is 14.6 Å². The van der Waals surface area contributed by atoms with Gasteiger partial charge in [-0.25, -0.2) is 0 Å². The molecule has 1 aromatic carbocycles. The van der Waals surface area contributed by atoms with E-state index in [2.05, 4.69) is 10.3 Å². The molecule has 2 aromatic rings. The van der Waals surface area contributed by atoms with Crippen molar-refractivity contribution in [1.29, 1.82) is 0 Å². The molecule has 0 bridgehead atoms. The van der Waals surface area contributed by atoms with Crippen molar-refractivity contribution in [3.05, 3.63) is 41.6 Å². The minimum Gasteiger partial charge on any atom is -0.481 e. The summed E-state index contributed by atoms with van der Waals surface area (Å²) in [5, 5.41) is 12.2. The maximum Gasteiger partial charge on any atom is 0.305 e. The fourth-order valence-electron chi connectivity index (χ4n) is 2.11. The van der Waals surface area contributed by atoms with E-state index in [-0.39, 0.29) is 12.3 Å². The fraction of sp³-hybridized carbons (Fsp3) is 0.267. The standard InChI is InChI=1S/C15H16N2O3/c1-9-7-12(11-5-3-4-6-13(11)16-9)15(20)17-10(2)8-14(18)19/h3-7,10H,8H2,1-2H3,(H,17,20)(H,18,19). The molecule has 1 amide bonds. The van der Waals surface area contributed by atoms with E-state index in [0.717, 1.165) is 16.6 Å². The van der Waals surface area contributed by atoms with E-state index >= 15 is 0 Å². The van der Waals surface area contributed by atoms with Gasteiger partial charge in [-0.05, 0) is 26.0 Å². The molecule has 5 nitrogen and oxygen atoms in total. The lowest BCUT2D eigenvalue weighted by molar-refractivity contribution is -0.137. The molecule has 1 aromatic heterocycles. The van der Waals surface area contributed by atoms with Gasteiger partial charge in [0.1, 0.15) is 0 Å². The van der Waals surface area contributed by atoms with Gasteiger partial charge in [-0.1, -0.05) is 18.2 Å². The largest absolute Gasteiger partial charge is 0.481 e. The highest BCUT2D eigenvalue weighted by Crippen LogP contribution is 2.18. The number of carbonyl (C=O) groups is 2. The highest BCUT2D eigenvalue weighted by molar-refractivity contribution is 6.06. The number of aliphatic carboxylic acids is 1. The lowest BCUT2D eigenvalue weighted by Gasteiger charge is -2.13. The van der Waals surface area contributed by atoms with Crippen molar-refractivity contribution in [3.63, 3.8) is 0 Å². The maximum atomic E-state index is 12.3. The fourth-order valence-corrected chi connectivity index (χ4v) is 2.11. The van der Waals surface area contributed by atoms with Crippen molar-refractivity contribution < 1.29 is 14.7 Å². The van der Waals surface area contributed by atoms with Gasteiger partial charge in [0.2, 0.25) is 0 Å². The van der Waals surface area contributed by atoms with E-state index < -0.39 is 12.0 Å². The first-order valence-electron chi connectivity index (χ1n) is 6.36. The number of fused-ring (bicyclic) bond motifs is 1. The van der Waals surface area contributed by atoms with Crippen LogP contribution in [0.3, 0.4) is 0 Å². The molecular weight excluding hydrogens is 256 g/mol. The van der Waals surface area contributed by atoms with E-state index in [4.69, 9.17) is 5.11 Å². The van der Waals surface area contributed by atoms with Crippen LogP contribution in [0.15, 0.2) is 30.3 Å². The molecule has 0 saturated carbocycles. The minimum atomic E-state index is -0.937. The molecule has 1 heterocycles. The molecule has 2 N–H and O–H groups in total. The zero-order chi connectivity index (χ0) is 14.7. The molecule has 5 heteroatoms. The average Bonchev–Trinajstić information content (AvgIpc) is 2.36. The molecule has 0 spiro atoms. The highest BCUT2D eigenvalue weighted by atomic mass is 16.4. The van der Waals surface area contributed by atoms with Gasteiger partial charge in [-0.15, -0.1) is 0 Å². The third kappa shape index (κ3) is 3.12. The molecule has 0 aliphatic heterocycles. The predicted molar refractivity (Wildman–Crippen MR) is 75.7 cm³/mol. The van der Waals surface area contributed by atoms with Crippen LogP contribution >= 0.6 is 0 Å². The van der Waals surface area contributed by atoms with Crippen LogP contribution in [0.5, 0.6) is 0 Å². The summed E-state index contributed by atoms with van der Waals surface area (Å²) < 4.78 is 0. The van der Waals surface area contributed by atoms with Crippen LogP contribution in [0.25, 0.3) is 10.9 Å². The SMILES string of the molecule is Cc1cc(C(=O)NC(C)CC(=O)O)c2ccccc2n1. The first-order valence-corrected chi connectivity index (χ1v) is 6.36. The monoisotopic (exact) mass is 272 g/mol. The Balaban J connectivity index is 2.32. The summed E-state index contributed by atoms with van der Waals surface area (Å²) in [6.45, 7) is 3.49. The summed E-state index contributed by atoms with van der Waals surface area (Å²) in [4.78, 5) is 27.3. The molecule has 0 radical (unpaired) electrons. The van der Waals surface area contributed by atoms with Crippen molar-refractivity contribution in [2.75, 3.05) is 0 Å². The third-order valence-electron chi connectivity index (χ3n) is 2.95. The van der Waals surface area contributed by atoms with Crippen molar-refractivity contribution in [3.8, 4) is 0 Å². The predicted octanol–water partition coefficient (Wildman–Crippen LogP) is 2.14. The van der Waals surface area contributed by atoms with Gasteiger partial charge in [-0.2, -0.15) is 0 Å². The molecule has 2 rings (SSSR count). The number of rotatable bonds is 4. The van der Waals surface area contributed by atoms with E-state index in [1.165, 1.54) is 0 Å². The van der Waals surface area contributed by atoms with Gasteiger partial charge in [0.15, 0.2) is 0 Å². The Labute approximate surface area is 116 Å². The second kappa shape index (κ2) is 5.69. The first kappa shape index (κ1) is 14.0. The van der Waals surface area contributed by atoms with Crippen LogP contribution in [-0.4, -0.2) is 28.0 Å². The summed E-state index contributed by atoms with van der Waals surface area (Å²) in [5.41, 5.74) is 2.02. The summed E-state index contributed by atoms with van der Waals surface area (Å²) in [6.07, 6.45) is -0.103. The molecule has 20 heavy (non-hydrogen) atoms. The van der Waals surface area contributed by atoms with Crippen LogP contribution in [0.4, 0.5) is 0 Å². The third-order valence-corrected chi connectivity index (χ3v) is 2.95. The lowest BCUT2D eigenvalue weighted by Crippen LogP contribution is -2.34. The molecular formula is C15H16N2O3. The minimum absolute atomic E-state index is 0.103. The number of nitrogens with zero attached hydrogens (tertiary/aromatic N) is 1. The number of pyridine rings is 1. The number of carboxylic acids is 1. The maximum absolute atomic E-state index is 12.3. The molecule has 104 valence electrons. The van der Waals surface area contributed by atoms with Gasteiger partial charge in [0, 0.05) is 17.1 Å². The van der Waals surface area contributed by atoms with Gasteiger partial charge < -0.3 is 10.4 Å². The number of carboxylic acid groups (broad SMARTS) is 1. The number of para-hydroxylation sites is 1. The second-order valence-corrected chi connectivity index (χ2v) is 4.80. The Morgan fingerprint density at radius 2 is 2.05 bits per heavy atom. The van der Waals surface area contributed by atoms with Crippen LogP contribution in [0, 0.1) is 6.92 Å². The molecule has 1 atom stereocenters. The normalized spacial score (nSPS) is 12.1. The Kier molecular flexibility index (Phi) is 3.98.